The first kappa shape index (κ1) is 15.5. The Kier molecular flexibility index (Phi) is 5.13. The summed E-state index contributed by atoms with van der Waals surface area (Å²) in [5.41, 5.74) is 0. The van der Waals surface area contributed by atoms with E-state index in [9.17, 15) is 0 Å². The van der Waals surface area contributed by atoms with Gasteiger partial charge in [-0.15, -0.1) is 0 Å². The van der Waals surface area contributed by atoms with Crippen LogP contribution in [0.25, 0.3) is 0 Å². The summed E-state index contributed by atoms with van der Waals surface area (Å²) in [5.74, 6) is 6.80. The molecule has 0 amide bonds. The van der Waals surface area contributed by atoms with Crippen molar-refractivity contribution >= 4 is 0 Å². The van der Waals surface area contributed by atoms with E-state index >= 15 is 0 Å². The summed E-state index contributed by atoms with van der Waals surface area (Å²) in [7, 11) is 0. The van der Waals surface area contributed by atoms with Gasteiger partial charge < -0.3 is 0 Å². The molecule has 4 aliphatic rings. The van der Waals surface area contributed by atoms with Crippen molar-refractivity contribution in [2.24, 2.45) is 35.5 Å². The molecule has 0 unspecified atom stereocenters. The molecule has 0 saturated heterocycles. The molecule has 0 radical (unpaired) electrons. The molecule has 0 N–H and O–H groups in total. The molecule has 0 nitrogen and oxygen atoms in total. The highest BCUT2D eigenvalue weighted by molar-refractivity contribution is 4.87. The molecule has 0 aliphatic heterocycles. The quantitative estimate of drug-likeness (QED) is 0.527. The minimum absolute atomic E-state index is 1.13. The lowest BCUT2D eigenvalue weighted by atomic mass is 9.66. The summed E-state index contributed by atoms with van der Waals surface area (Å²) in [6.07, 6.45) is 25.2. The van der Waals surface area contributed by atoms with Crippen LogP contribution in [0.1, 0.15) is 103 Å². The van der Waals surface area contributed by atoms with Gasteiger partial charge in [-0.3, -0.25) is 0 Å². The maximum absolute atomic E-state index is 1.60. The molecule has 0 bridgehead atoms. The van der Waals surface area contributed by atoms with Crippen molar-refractivity contribution in [1.29, 1.82) is 0 Å². The molecule has 0 spiro atoms. The zero-order valence-electron chi connectivity index (χ0n) is 14.8. The number of hydrogen-bond acceptors (Lipinski definition) is 0. The van der Waals surface area contributed by atoms with Gasteiger partial charge in [0.2, 0.25) is 0 Å². The molecule has 4 saturated carbocycles. The van der Waals surface area contributed by atoms with Crippen LogP contribution in [0.4, 0.5) is 0 Å². The van der Waals surface area contributed by atoms with E-state index in [1.54, 1.807) is 77.0 Å². The molecule has 4 rings (SSSR count). The van der Waals surface area contributed by atoms with Crippen molar-refractivity contribution in [3.05, 3.63) is 0 Å². The van der Waals surface area contributed by atoms with E-state index in [1.807, 2.05) is 0 Å². The highest BCUT2D eigenvalue weighted by Crippen LogP contribution is 2.47. The van der Waals surface area contributed by atoms with Gasteiger partial charge in [-0.25, -0.2) is 0 Å². The molecule has 0 heteroatoms. The Labute approximate surface area is 138 Å². The van der Waals surface area contributed by atoms with E-state index in [-0.39, 0.29) is 0 Å². The molecule has 0 aromatic heterocycles. The fourth-order valence-electron chi connectivity index (χ4n) is 7.03. The van der Waals surface area contributed by atoms with Crippen molar-refractivity contribution in [1.82, 2.24) is 0 Å². The van der Waals surface area contributed by atoms with Crippen molar-refractivity contribution in [3.63, 3.8) is 0 Å². The van der Waals surface area contributed by atoms with Crippen LogP contribution in [0.2, 0.25) is 0 Å². The summed E-state index contributed by atoms with van der Waals surface area (Å²) in [6.45, 7) is 0. The number of hydrogen-bond donors (Lipinski definition) is 0. The molecular weight excluding hydrogens is 264 g/mol. The molecule has 0 atom stereocenters. The lowest BCUT2D eigenvalue weighted by molar-refractivity contribution is 0.112. The summed E-state index contributed by atoms with van der Waals surface area (Å²) >= 11 is 0. The second-order valence-electron chi connectivity index (χ2n) is 9.44. The van der Waals surface area contributed by atoms with Crippen LogP contribution in [0, 0.1) is 35.5 Å². The Morgan fingerprint density at radius 3 is 0.636 bits per heavy atom. The molecule has 22 heavy (non-hydrogen) atoms. The smallest absolute Gasteiger partial charge is 0.0386 e. The van der Waals surface area contributed by atoms with Gasteiger partial charge in [-0.2, -0.15) is 0 Å². The van der Waals surface area contributed by atoms with E-state index in [0.29, 0.717) is 0 Å². The standard InChI is InChI=1S/C22H38/c1-2-6-17(5-1)19-9-13-21(14-10-19)22-15-11-20(12-16-22)18-7-3-4-8-18/h17-22H,1-16H2. The Morgan fingerprint density at radius 2 is 0.409 bits per heavy atom. The highest BCUT2D eigenvalue weighted by atomic mass is 14.4. The Bertz CT molecular complexity index is 284. The molecule has 0 aromatic rings. The van der Waals surface area contributed by atoms with Crippen LogP contribution in [0.5, 0.6) is 0 Å². The summed E-state index contributed by atoms with van der Waals surface area (Å²) in [5, 5.41) is 0. The Balaban J connectivity index is 1.21. The minimum atomic E-state index is 1.13. The zero-order chi connectivity index (χ0) is 14.8. The van der Waals surface area contributed by atoms with E-state index in [1.165, 1.54) is 25.7 Å². The van der Waals surface area contributed by atoms with E-state index in [2.05, 4.69) is 0 Å². The minimum Gasteiger partial charge on any atom is -0.0530 e. The van der Waals surface area contributed by atoms with Gasteiger partial charge in [-0.1, -0.05) is 51.4 Å². The summed E-state index contributed by atoms with van der Waals surface area (Å²) in [4.78, 5) is 0. The first-order valence-electron chi connectivity index (χ1n) is 10.9. The van der Waals surface area contributed by atoms with Crippen molar-refractivity contribution < 1.29 is 0 Å². The van der Waals surface area contributed by atoms with E-state index in [4.69, 9.17) is 0 Å². The predicted octanol–water partition coefficient (Wildman–Crippen LogP) is 6.98. The van der Waals surface area contributed by atoms with Crippen molar-refractivity contribution in [2.45, 2.75) is 103 Å². The van der Waals surface area contributed by atoms with Crippen LogP contribution in [0.3, 0.4) is 0 Å². The van der Waals surface area contributed by atoms with Crippen LogP contribution in [-0.4, -0.2) is 0 Å². The van der Waals surface area contributed by atoms with Crippen LogP contribution in [0.15, 0.2) is 0 Å². The van der Waals surface area contributed by atoms with Crippen LogP contribution in [-0.2, 0) is 0 Å². The lowest BCUT2D eigenvalue weighted by Crippen LogP contribution is -2.29. The zero-order valence-corrected chi connectivity index (χ0v) is 14.8. The average Bonchev–Trinajstić information content (AvgIpc) is 3.29. The Morgan fingerprint density at radius 1 is 0.227 bits per heavy atom. The molecular formula is C22H38. The van der Waals surface area contributed by atoms with Gasteiger partial charge in [0, 0.05) is 0 Å². The second kappa shape index (κ2) is 7.27. The van der Waals surface area contributed by atoms with Gasteiger partial charge >= 0.3 is 0 Å². The Hall–Kier alpha value is 0. The van der Waals surface area contributed by atoms with Gasteiger partial charge in [0.05, 0.1) is 0 Å². The monoisotopic (exact) mass is 302 g/mol. The number of rotatable bonds is 3. The van der Waals surface area contributed by atoms with Gasteiger partial charge in [0.1, 0.15) is 0 Å². The maximum atomic E-state index is 1.60. The summed E-state index contributed by atoms with van der Waals surface area (Å²) in [6, 6.07) is 0. The molecule has 4 fully saturated rings. The molecule has 0 aromatic carbocycles. The maximum Gasteiger partial charge on any atom is -0.0386 e. The first-order chi connectivity index (χ1) is 10.9. The van der Waals surface area contributed by atoms with Crippen LogP contribution >= 0.6 is 0 Å². The predicted molar refractivity (Wildman–Crippen MR) is 94.8 cm³/mol. The molecule has 126 valence electrons. The molecule has 0 heterocycles. The second-order valence-corrected chi connectivity index (χ2v) is 9.44. The van der Waals surface area contributed by atoms with Gasteiger partial charge in [0.25, 0.3) is 0 Å². The largest absolute Gasteiger partial charge is 0.0530 e. The fraction of sp³-hybridized carbons (Fsp3) is 1.00. The third-order valence-electron chi connectivity index (χ3n) is 8.43. The normalized spacial score (nSPS) is 42.0. The van der Waals surface area contributed by atoms with E-state index in [0.717, 1.165) is 35.5 Å². The average molecular weight is 303 g/mol. The SMILES string of the molecule is C1CCC(C2CCC(C3CCC(C4CCCC4)CC3)CC2)C1. The highest BCUT2D eigenvalue weighted by Gasteiger charge is 2.35. The first-order valence-corrected chi connectivity index (χ1v) is 10.9. The third-order valence-corrected chi connectivity index (χ3v) is 8.43. The van der Waals surface area contributed by atoms with Gasteiger partial charge in [0.15, 0.2) is 0 Å². The summed E-state index contributed by atoms with van der Waals surface area (Å²) < 4.78 is 0. The van der Waals surface area contributed by atoms with Crippen molar-refractivity contribution in [2.75, 3.05) is 0 Å². The molecule has 4 aliphatic carbocycles. The van der Waals surface area contributed by atoms with Crippen LogP contribution < -0.4 is 0 Å². The third kappa shape index (κ3) is 3.41. The van der Waals surface area contributed by atoms with E-state index < -0.39 is 0 Å². The fourth-order valence-corrected chi connectivity index (χ4v) is 7.03. The topological polar surface area (TPSA) is 0 Å². The van der Waals surface area contributed by atoms with Gasteiger partial charge in [-0.05, 0) is 86.9 Å². The lowest BCUT2D eigenvalue weighted by Gasteiger charge is -2.40. The van der Waals surface area contributed by atoms with Crippen molar-refractivity contribution in [3.8, 4) is 0 Å².